The summed E-state index contributed by atoms with van der Waals surface area (Å²) in [6.07, 6.45) is 2.24. The first-order valence-electron chi connectivity index (χ1n) is 8.55. The molecular formula is C20H19N3O3. The van der Waals surface area contributed by atoms with Gasteiger partial charge in [-0.15, -0.1) is 0 Å². The van der Waals surface area contributed by atoms with Crippen LogP contribution in [-0.2, 0) is 6.61 Å². The third kappa shape index (κ3) is 2.99. The second kappa shape index (κ2) is 6.38. The number of nitrogens with zero attached hydrogens (tertiary/aromatic N) is 3. The molecule has 3 aromatic rings. The smallest absolute Gasteiger partial charge is 0.335 e. The standard InChI is InChI=1S/C20H19N3O3/c1-23(15-7-8-15)19-18(13-4-2-12(11-24)3-5-13)21-16-9-6-14(20(25)26)10-17(16)22-19/h2-6,9-10,15,24H,7-8,11H2,1H3,(H,25,26). The van der Waals surface area contributed by atoms with E-state index in [1.165, 1.54) is 0 Å². The predicted octanol–water partition coefficient (Wildman–Crippen LogP) is 3.09. The number of carbonyl (C=O) groups is 1. The largest absolute Gasteiger partial charge is 0.478 e. The number of aliphatic hydroxyl groups excluding tert-OH is 1. The maximum Gasteiger partial charge on any atom is 0.335 e. The maximum atomic E-state index is 11.3. The minimum absolute atomic E-state index is 0.00349. The van der Waals surface area contributed by atoms with Crippen LogP contribution in [0.5, 0.6) is 0 Å². The van der Waals surface area contributed by atoms with Gasteiger partial charge in [0, 0.05) is 18.7 Å². The highest BCUT2D eigenvalue weighted by Crippen LogP contribution is 2.35. The van der Waals surface area contributed by atoms with Crippen LogP contribution in [0.4, 0.5) is 5.82 Å². The van der Waals surface area contributed by atoms with Crippen LogP contribution in [0, 0.1) is 0 Å². The Balaban J connectivity index is 1.89. The van der Waals surface area contributed by atoms with Crippen LogP contribution in [0.25, 0.3) is 22.3 Å². The lowest BCUT2D eigenvalue weighted by molar-refractivity contribution is 0.0697. The lowest BCUT2D eigenvalue weighted by atomic mass is 10.1. The van der Waals surface area contributed by atoms with Crippen molar-refractivity contribution in [2.75, 3.05) is 11.9 Å². The van der Waals surface area contributed by atoms with Crippen molar-refractivity contribution in [3.8, 4) is 11.3 Å². The van der Waals surface area contributed by atoms with Gasteiger partial charge < -0.3 is 15.1 Å². The molecule has 0 radical (unpaired) electrons. The Labute approximate surface area is 150 Å². The minimum atomic E-state index is -0.977. The summed E-state index contributed by atoms with van der Waals surface area (Å²) in [5, 5.41) is 18.5. The molecule has 1 aliphatic rings. The number of aromatic nitrogens is 2. The van der Waals surface area contributed by atoms with Crippen molar-refractivity contribution in [1.29, 1.82) is 0 Å². The van der Waals surface area contributed by atoms with Crippen molar-refractivity contribution in [3.05, 3.63) is 53.6 Å². The number of aliphatic hydroxyl groups is 1. The van der Waals surface area contributed by atoms with Gasteiger partial charge in [0.05, 0.1) is 23.2 Å². The predicted molar refractivity (Wildman–Crippen MR) is 99.3 cm³/mol. The van der Waals surface area contributed by atoms with Crippen molar-refractivity contribution < 1.29 is 15.0 Å². The molecule has 2 aromatic carbocycles. The molecule has 2 N–H and O–H groups in total. The third-order valence-corrected chi connectivity index (χ3v) is 4.73. The molecule has 1 aliphatic carbocycles. The highest BCUT2D eigenvalue weighted by atomic mass is 16.4. The number of anilines is 1. The molecular weight excluding hydrogens is 330 g/mol. The van der Waals surface area contributed by atoms with Crippen molar-refractivity contribution in [2.45, 2.75) is 25.5 Å². The van der Waals surface area contributed by atoms with E-state index >= 15 is 0 Å². The van der Waals surface area contributed by atoms with Crippen LogP contribution < -0.4 is 4.90 Å². The van der Waals surface area contributed by atoms with Crippen LogP contribution in [0.2, 0.25) is 0 Å². The first-order valence-corrected chi connectivity index (χ1v) is 8.55. The molecule has 6 heteroatoms. The molecule has 0 amide bonds. The topological polar surface area (TPSA) is 86.6 Å². The van der Waals surface area contributed by atoms with Crippen LogP contribution in [0.1, 0.15) is 28.8 Å². The molecule has 0 atom stereocenters. The van der Waals surface area contributed by atoms with Gasteiger partial charge in [0.1, 0.15) is 5.69 Å². The fourth-order valence-corrected chi connectivity index (χ4v) is 3.02. The summed E-state index contributed by atoms with van der Waals surface area (Å²) in [6, 6.07) is 12.8. The molecule has 26 heavy (non-hydrogen) atoms. The number of carboxylic acid groups (broad SMARTS) is 1. The molecule has 0 bridgehead atoms. The van der Waals surface area contributed by atoms with Gasteiger partial charge in [-0.3, -0.25) is 0 Å². The zero-order valence-electron chi connectivity index (χ0n) is 14.4. The van der Waals surface area contributed by atoms with E-state index in [2.05, 4.69) is 4.90 Å². The van der Waals surface area contributed by atoms with Gasteiger partial charge in [0.2, 0.25) is 0 Å². The fraction of sp³-hybridized carbons (Fsp3) is 0.250. The monoisotopic (exact) mass is 349 g/mol. The molecule has 4 rings (SSSR count). The summed E-state index contributed by atoms with van der Waals surface area (Å²) < 4.78 is 0. The van der Waals surface area contributed by atoms with E-state index in [9.17, 15) is 15.0 Å². The first kappa shape index (κ1) is 16.5. The Kier molecular flexibility index (Phi) is 4.05. The van der Waals surface area contributed by atoms with Gasteiger partial charge in [-0.25, -0.2) is 14.8 Å². The van der Waals surface area contributed by atoms with Crippen molar-refractivity contribution in [1.82, 2.24) is 9.97 Å². The SMILES string of the molecule is CN(c1nc2cc(C(=O)O)ccc2nc1-c1ccc(CO)cc1)C1CC1. The normalized spacial score (nSPS) is 13.8. The van der Waals surface area contributed by atoms with Crippen molar-refractivity contribution in [2.24, 2.45) is 0 Å². The highest BCUT2D eigenvalue weighted by Gasteiger charge is 2.29. The molecule has 132 valence electrons. The van der Waals surface area contributed by atoms with E-state index in [0.717, 1.165) is 35.5 Å². The van der Waals surface area contributed by atoms with E-state index in [1.54, 1.807) is 18.2 Å². The fourth-order valence-electron chi connectivity index (χ4n) is 3.02. The van der Waals surface area contributed by atoms with Gasteiger partial charge in [0.15, 0.2) is 5.82 Å². The summed E-state index contributed by atoms with van der Waals surface area (Å²) in [7, 11) is 2.00. The number of benzene rings is 2. The van der Waals surface area contributed by atoms with Gasteiger partial charge in [-0.05, 0) is 36.6 Å². The van der Waals surface area contributed by atoms with Gasteiger partial charge in [-0.2, -0.15) is 0 Å². The second-order valence-electron chi connectivity index (χ2n) is 6.60. The molecule has 1 saturated carbocycles. The highest BCUT2D eigenvalue weighted by molar-refractivity contribution is 5.93. The molecule has 0 spiro atoms. The Morgan fingerprint density at radius 1 is 1.12 bits per heavy atom. The van der Waals surface area contributed by atoms with Gasteiger partial charge in [0.25, 0.3) is 0 Å². The van der Waals surface area contributed by atoms with Crippen LogP contribution in [-0.4, -0.2) is 39.2 Å². The number of fused-ring (bicyclic) bond motifs is 1. The summed E-state index contributed by atoms with van der Waals surface area (Å²) in [6.45, 7) is -0.00349. The molecule has 1 fully saturated rings. The van der Waals surface area contributed by atoms with Crippen LogP contribution >= 0.6 is 0 Å². The van der Waals surface area contributed by atoms with E-state index < -0.39 is 5.97 Å². The summed E-state index contributed by atoms with van der Waals surface area (Å²) in [4.78, 5) is 22.9. The Morgan fingerprint density at radius 2 is 1.85 bits per heavy atom. The molecule has 0 unspecified atom stereocenters. The minimum Gasteiger partial charge on any atom is -0.478 e. The number of rotatable bonds is 5. The molecule has 6 nitrogen and oxygen atoms in total. The maximum absolute atomic E-state index is 11.3. The third-order valence-electron chi connectivity index (χ3n) is 4.73. The van der Waals surface area contributed by atoms with E-state index in [-0.39, 0.29) is 12.2 Å². The number of carboxylic acids is 1. The average Bonchev–Trinajstić information content (AvgIpc) is 3.51. The average molecular weight is 349 g/mol. The first-order chi connectivity index (χ1) is 12.6. The summed E-state index contributed by atoms with van der Waals surface area (Å²) >= 11 is 0. The lowest BCUT2D eigenvalue weighted by Crippen LogP contribution is -2.22. The molecule has 1 heterocycles. The number of hydrogen-bond donors (Lipinski definition) is 2. The number of aromatic carboxylic acids is 1. The van der Waals surface area contributed by atoms with E-state index in [1.807, 2.05) is 31.3 Å². The lowest BCUT2D eigenvalue weighted by Gasteiger charge is -2.21. The Bertz CT molecular complexity index is 982. The van der Waals surface area contributed by atoms with Crippen molar-refractivity contribution >= 4 is 22.8 Å². The summed E-state index contributed by atoms with van der Waals surface area (Å²) in [5.41, 5.74) is 3.95. The van der Waals surface area contributed by atoms with Gasteiger partial charge in [-0.1, -0.05) is 24.3 Å². The Morgan fingerprint density at radius 3 is 2.46 bits per heavy atom. The van der Waals surface area contributed by atoms with E-state index in [4.69, 9.17) is 9.97 Å². The van der Waals surface area contributed by atoms with Crippen LogP contribution in [0.3, 0.4) is 0 Å². The number of hydrogen-bond acceptors (Lipinski definition) is 5. The van der Waals surface area contributed by atoms with Crippen LogP contribution in [0.15, 0.2) is 42.5 Å². The summed E-state index contributed by atoms with van der Waals surface area (Å²) in [5.74, 6) is -0.228. The van der Waals surface area contributed by atoms with Gasteiger partial charge >= 0.3 is 5.97 Å². The second-order valence-corrected chi connectivity index (χ2v) is 6.60. The molecule has 0 saturated heterocycles. The zero-order valence-corrected chi connectivity index (χ0v) is 14.4. The Hall–Kier alpha value is -2.99. The quantitative estimate of drug-likeness (QED) is 0.736. The molecule has 1 aromatic heterocycles. The van der Waals surface area contributed by atoms with Crippen molar-refractivity contribution in [3.63, 3.8) is 0 Å². The molecule has 0 aliphatic heterocycles. The van der Waals surface area contributed by atoms with E-state index in [0.29, 0.717) is 17.1 Å². The zero-order chi connectivity index (χ0) is 18.3.